The van der Waals surface area contributed by atoms with Gasteiger partial charge in [-0.15, -0.1) is 11.3 Å². The molecular formula is C22H15F4N3OS2. The van der Waals surface area contributed by atoms with Crippen molar-refractivity contribution in [1.29, 1.82) is 0 Å². The van der Waals surface area contributed by atoms with Crippen molar-refractivity contribution in [2.75, 3.05) is 5.75 Å². The van der Waals surface area contributed by atoms with E-state index in [2.05, 4.69) is 15.3 Å². The summed E-state index contributed by atoms with van der Waals surface area (Å²) in [5, 5.41) is 5.25. The Labute approximate surface area is 188 Å². The first-order valence-corrected chi connectivity index (χ1v) is 11.2. The number of alkyl halides is 3. The average molecular weight is 478 g/mol. The van der Waals surface area contributed by atoms with Crippen molar-refractivity contribution in [2.45, 2.75) is 17.2 Å². The van der Waals surface area contributed by atoms with Crippen LogP contribution in [0.5, 0.6) is 0 Å². The van der Waals surface area contributed by atoms with E-state index in [1.807, 2.05) is 17.5 Å². The van der Waals surface area contributed by atoms with Crippen molar-refractivity contribution in [3.8, 4) is 0 Å². The number of fused-ring (bicyclic) bond motifs is 1. The van der Waals surface area contributed by atoms with Gasteiger partial charge in [-0.3, -0.25) is 4.79 Å². The van der Waals surface area contributed by atoms with Gasteiger partial charge in [-0.1, -0.05) is 48.2 Å². The molecule has 164 valence electrons. The number of hydrogen-bond donors (Lipinski definition) is 1. The SMILES string of the molecule is O=C(CSc1nc(C(F)(F)F)nc2ccccc12)NC(c1ccc(F)cc1)c1cccs1. The molecule has 0 aliphatic carbocycles. The minimum Gasteiger partial charge on any atom is -0.344 e. The first kappa shape index (κ1) is 22.2. The van der Waals surface area contributed by atoms with Crippen LogP contribution in [0.1, 0.15) is 22.3 Å². The number of thiophene rings is 1. The van der Waals surface area contributed by atoms with E-state index in [1.54, 1.807) is 30.3 Å². The van der Waals surface area contributed by atoms with Crippen LogP contribution in [-0.4, -0.2) is 21.6 Å². The minimum absolute atomic E-state index is 0.0764. The number of para-hydroxylation sites is 1. The molecule has 0 aliphatic heterocycles. The number of aromatic nitrogens is 2. The Bertz CT molecular complexity index is 1230. The average Bonchev–Trinajstić information content (AvgIpc) is 3.30. The first-order valence-electron chi connectivity index (χ1n) is 9.36. The predicted molar refractivity (Wildman–Crippen MR) is 116 cm³/mol. The van der Waals surface area contributed by atoms with Gasteiger partial charge in [-0.05, 0) is 35.2 Å². The van der Waals surface area contributed by atoms with E-state index in [0.717, 1.165) is 16.6 Å². The zero-order valence-corrected chi connectivity index (χ0v) is 17.9. The lowest BCUT2D eigenvalue weighted by atomic mass is 10.1. The van der Waals surface area contributed by atoms with Crippen LogP contribution in [0.15, 0.2) is 71.1 Å². The zero-order valence-electron chi connectivity index (χ0n) is 16.3. The fourth-order valence-electron chi connectivity index (χ4n) is 3.05. The van der Waals surface area contributed by atoms with Crippen LogP contribution in [-0.2, 0) is 11.0 Å². The van der Waals surface area contributed by atoms with Crippen LogP contribution in [0.4, 0.5) is 17.6 Å². The summed E-state index contributed by atoms with van der Waals surface area (Å²) in [5.41, 5.74) is 0.847. The largest absolute Gasteiger partial charge is 0.451 e. The molecule has 0 aliphatic rings. The van der Waals surface area contributed by atoms with Gasteiger partial charge in [0.25, 0.3) is 0 Å². The van der Waals surface area contributed by atoms with Crippen molar-refractivity contribution in [3.63, 3.8) is 0 Å². The molecule has 1 unspecified atom stereocenters. The number of benzene rings is 2. The molecule has 2 aromatic heterocycles. The van der Waals surface area contributed by atoms with Crippen LogP contribution < -0.4 is 5.32 Å². The second kappa shape index (κ2) is 9.25. The number of amides is 1. The summed E-state index contributed by atoms with van der Waals surface area (Å²) >= 11 is 2.34. The summed E-state index contributed by atoms with van der Waals surface area (Å²) in [5.74, 6) is -2.19. The second-order valence-electron chi connectivity index (χ2n) is 6.72. The Hall–Kier alpha value is -2.98. The standard InChI is InChI=1S/C22H15F4N3OS2/c23-14-9-7-13(8-10-14)19(17-6-3-11-31-17)28-18(30)12-32-20-15-4-1-2-5-16(15)27-21(29-20)22(24,25)26/h1-11,19H,12H2,(H,28,30). The van der Waals surface area contributed by atoms with Crippen LogP contribution in [0.2, 0.25) is 0 Å². The molecule has 0 bridgehead atoms. The van der Waals surface area contributed by atoms with Gasteiger partial charge in [-0.2, -0.15) is 13.2 Å². The third kappa shape index (κ3) is 5.08. The molecule has 1 N–H and O–H groups in total. The van der Waals surface area contributed by atoms with E-state index in [4.69, 9.17) is 0 Å². The van der Waals surface area contributed by atoms with Gasteiger partial charge in [0.2, 0.25) is 11.7 Å². The summed E-state index contributed by atoms with van der Waals surface area (Å²) < 4.78 is 52.9. The highest BCUT2D eigenvalue weighted by Gasteiger charge is 2.35. The molecule has 0 spiro atoms. The van der Waals surface area contributed by atoms with Crippen molar-refractivity contribution in [2.24, 2.45) is 0 Å². The summed E-state index contributed by atoms with van der Waals surface area (Å²) in [4.78, 5) is 20.8. The Morgan fingerprint density at radius 1 is 1.03 bits per heavy atom. The molecule has 4 aromatic rings. The number of carbonyl (C=O) groups excluding carboxylic acids is 1. The molecule has 4 rings (SSSR count). The Morgan fingerprint density at radius 3 is 2.47 bits per heavy atom. The molecule has 1 atom stereocenters. The number of halogens is 4. The summed E-state index contributed by atoms with van der Waals surface area (Å²) in [7, 11) is 0. The molecule has 0 fully saturated rings. The van der Waals surface area contributed by atoms with Gasteiger partial charge >= 0.3 is 6.18 Å². The second-order valence-corrected chi connectivity index (χ2v) is 8.67. The van der Waals surface area contributed by atoms with Gasteiger partial charge in [0.15, 0.2) is 0 Å². The number of carbonyl (C=O) groups is 1. The lowest BCUT2D eigenvalue weighted by Crippen LogP contribution is -2.30. The molecule has 0 saturated heterocycles. The molecular weight excluding hydrogens is 462 g/mol. The maximum Gasteiger partial charge on any atom is 0.451 e. The van der Waals surface area contributed by atoms with E-state index >= 15 is 0 Å². The normalized spacial score (nSPS) is 12.6. The van der Waals surface area contributed by atoms with Crippen LogP contribution >= 0.6 is 23.1 Å². The van der Waals surface area contributed by atoms with Gasteiger partial charge < -0.3 is 5.32 Å². The first-order chi connectivity index (χ1) is 15.3. The van der Waals surface area contributed by atoms with Crippen molar-refractivity contribution >= 4 is 39.9 Å². The number of thioether (sulfide) groups is 1. The van der Waals surface area contributed by atoms with Gasteiger partial charge in [0.1, 0.15) is 10.8 Å². The number of nitrogens with zero attached hydrogens (tertiary/aromatic N) is 2. The van der Waals surface area contributed by atoms with Crippen molar-refractivity contribution in [1.82, 2.24) is 15.3 Å². The highest BCUT2D eigenvalue weighted by Crippen LogP contribution is 2.32. The van der Waals surface area contributed by atoms with Crippen molar-refractivity contribution in [3.05, 3.63) is 88.1 Å². The lowest BCUT2D eigenvalue weighted by Gasteiger charge is -2.18. The van der Waals surface area contributed by atoms with E-state index in [1.165, 1.54) is 29.5 Å². The molecule has 1 amide bonds. The summed E-state index contributed by atoms with van der Waals surface area (Å²) in [6.07, 6.45) is -4.70. The number of rotatable bonds is 6. The number of nitrogens with one attached hydrogen (secondary N) is 1. The highest BCUT2D eigenvalue weighted by atomic mass is 32.2. The minimum atomic E-state index is -4.70. The van der Waals surface area contributed by atoms with Gasteiger partial charge in [-0.25, -0.2) is 14.4 Å². The Balaban J connectivity index is 1.55. The van der Waals surface area contributed by atoms with Crippen LogP contribution in [0.25, 0.3) is 10.9 Å². The van der Waals surface area contributed by atoms with E-state index in [9.17, 15) is 22.4 Å². The van der Waals surface area contributed by atoms with E-state index in [-0.39, 0.29) is 16.3 Å². The Morgan fingerprint density at radius 2 is 1.78 bits per heavy atom. The molecule has 10 heteroatoms. The van der Waals surface area contributed by atoms with Crippen LogP contribution in [0.3, 0.4) is 0 Å². The third-order valence-corrected chi connectivity index (χ3v) is 6.43. The Kier molecular flexibility index (Phi) is 6.43. The summed E-state index contributed by atoms with van der Waals surface area (Å²) in [6.45, 7) is 0. The van der Waals surface area contributed by atoms with Crippen LogP contribution in [0, 0.1) is 5.82 Å². The monoisotopic (exact) mass is 477 g/mol. The topological polar surface area (TPSA) is 54.9 Å². The van der Waals surface area contributed by atoms with Gasteiger partial charge in [0.05, 0.1) is 17.3 Å². The van der Waals surface area contributed by atoms with E-state index in [0.29, 0.717) is 10.9 Å². The molecule has 2 heterocycles. The lowest BCUT2D eigenvalue weighted by molar-refractivity contribution is -0.145. The highest BCUT2D eigenvalue weighted by molar-refractivity contribution is 8.00. The van der Waals surface area contributed by atoms with Gasteiger partial charge in [0, 0.05) is 10.3 Å². The smallest absolute Gasteiger partial charge is 0.344 e. The zero-order chi connectivity index (χ0) is 22.7. The fraction of sp³-hybridized carbons (Fsp3) is 0.136. The molecule has 2 aromatic carbocycles. The quantitative estimate of drug-likeness (QED) is 0.215. The molecule has 4 nitrogen and oxygen atoms in total. The molecule has 0 saturated carbocycles. The van der Waals surface area contributed by atoms with E-state index < -0.39 is 29.8 Å². The number of hydrogen-bond acceptors (Lipinski definition) is 5. The summed E-state index contributed by atoms with van der Waals surface area (Å²) in [6, 6.07) is 15.3. The molecule has 32 heavy (non-hydrogen) atoms. The fourth-order valence-corrected chi connectivity index (χ4v) is 4.68. The maximum absolute atomic E-state index is 13.3. The van der Waals surface area contributed by atoms with Crippen molar-refractivity contribution < 1.29 is 22.4 Å². The predicted octanol–water partition coefficient (Wildman–Crippen LogP) is 5.85. The molecule has 0 radical (unpaired) electrons. The maximum atomic E-state index is 13.3. The third-order valence-electron chi connectivity index (χ3n) is 4.50.